The van der Waals surface area contributed by atoms with Gasteiger partial charge in [-0.05, 0) is 32.4 Å². The van der Waals surface area contributed by atoms with E-state index >= 15 is 0 Å². The fourth-order valence-electron chi connectivity index (χ4n) is 2.45. The van der Waals surface area contributed by atoms with E-state index in [2.05, 4.69) is 55.5 Å². The van der Waals surface area contributed by atoms with Gasteiger partial charge in [0.15, 0.2) is 0 Å². The van der Waals surface area contributed by atoms with Crippen molar-refractivity contribution in [2.45, 2.75) is 39.3 Å². The fourth-order valence-corrected chi connectivity index (χ4v) is 2.71. The Morgan fingerprint density at radius 3 is 2.55 bits per heavy atom. The van der Waals surface area contributed by atoms with Crippen LogP contribution in [0.1, 0.15) is 44.1 Å². The highest BCUT2D eigenvalue weighted by Crippen LogP contribution is 2.28. The maximum Gasteiger partial charge on any atom is 0.0834 e. The summed E-state index contributed by atoms with van der Waals surface area (Å²) in [6, 6.07) is 11.0. The topological polar surface area (TPSA) is 29.9 Å². The Labute approximate surface area is 126 Å². The van der Waals surface area contributed by atoms with Gasteiger partial charge in [0.25, 0.3) is 0 Å². The van der Waals surface area contributed by atoms with Gasteiger partial charge in [0.2, 0.25) is 0 Å². The van der Waals surface area contributed by atoms with E-state index in [1.165, 1.54) is 5.56 Å². The zero-order valence-electron chi connectivity index (χ0n) is 12.3. The van der Waals surface area contributed by atoms with Crippen LogP contribution in [0.25, 0.3) is 0 Å². The molecule has 0 aliphatic carbocycles. The third-order valence-electron chi connectivity index (χ3n) is 3.34. The molecule has 108 valence electrons. The van der Waals surface area contributed by atoms with Gasteiger partial charge in [-0.1, -0.05) is 48.9 Å². The first-order chi connectivity index (χ1) is 9.63. The van der Waals surface area contributed by atoms with E-state index in [9.17, 15) is 0 Å². The van der Waals surface area contributed by atoms with E-state index in [0.29, 0.717) is 6.04 Å². The fraction of sp³-hybridized carbons (Fsp3) is 0.438. The molecule has 0 fully saturated rings. The molecular formula is C16H22ClN3. The lowest BCUT2D eigenvalue weighted by atomic mass is 10.0. The number of hydrogen-bond acceptors (Lipinski definition) is 2. The van der Waals surface area contributed by atoms with Crippen molar-refractivity contribution in [1.29, 1.82) is 0 Å². The predicted octanol–water partition coefficient (Wildman–Crippen LogP) is 4.01. The molecule has 1 unspecified atom stereocenters. The lowest BCUT2D eigenvalue weighted by Gasteiger charge is -2.22. The van der Waals surface area contributed by atoms with Crippen molar-refractivity contribution in [1.82, 2.24) is 15.1 Å². The Morgan fingerprint density at radius 2 is 1.95 bits per heavy atom. The van der Waals surface area contributed by atoms with Crippen molar-refractivity contribution < 1.29 is 0 Å². The zero-order valence-corrected chi connectivity index (χ0v) is 13.1. The number of aromatic nitrogens is 2. The average molecular weight is 292 g/mol. The van der Waals surface area contributed by atoms with Crippen LogP contribution in [0.15, 0.2) is 36.5 Å². The predicted molar refractivity (Wildman–Crippen MR) is 84.2 cm³/mol. The van der Waals surface area contributed by atoms with Crippen LogP contribution < -0.4 is 5.32 Å². The van der Waals surface area contributed by atoms with Gasteiger partial charge >= 0.3 is 0 Å². The van der Waals surface area contributed by atoms with E-state index in [4.69, 9.17) is 11.6 Å². The third-order valence-corrected chi connectivity index (χ3v) is 3.63. The summed E-state index contributed by atoms with van der Waals surface area (Å²) in [5.41, 5.74) is 2.37. The van der Waals surface area contributed by atoms with E-state index in [1.807, 2.05) is 10.7 Å². The van der Waals surface area contributed by atoms with E-state index in [0.717, 1.165) is 23.7 Å². The monoisotopic (exact) mass is 291 g/mol. The average Bonchev–Trinajstić information content (AvgIpc) is 2.81. The summed E-state index contributed by atoms with van der Waals surface area (Å²) in [5, 5.41) is 8.67. The van der Waals surface area contributed by atoms with E-state index < -0.39 is 0 Å². The summed E-state index contributed by atoms with van der Waals surface area (Å²) in [5.74, 6) is 0. The largest absolute Gasteiger partial charge is 0.309 e. The standard InChI is InChI=1S/C16H22ClN3/c1-4-18-15(10-13-8-6-5-7-9-13)16-14(17)11-19-20(16)12(2)3/h5-9,11-12,15,18H,4,10H2,1-3H3. The van der Waals surface area contributed by atoms with Crippen LogP contribution >= 0.6 is 11.6 Å². The molecule has 0 amide bonds. The summed E-state index contributed by atoms with van der Waals surface area (Å²) in [6.45, 7) is 7.26. The Morgan fingerprint density at radius 1 is 1.25 bits per heavy atom. The van der Waals surface area contributed by atoms with Gasteiger partial charge in [-0.2, -0.15) is 5.10 Å². The third kappa shape index (κ3) is 3.41. The molecule has 1 heterocycles. The summed E-state index contributed by atoms with van der Waals surface area (Å²) in [4.78, 5) is 0. The van der Waals surface area contributed by atoms with Crippen molar-refractivity contribution in [3.05, 3.63) is 52.8 Å². The SMILES string of the molecule is CCNC(Cc1ccccc1)c1c(Cl)cnn1C(C)C. The van der Waals surface area contributed by atoms with Crippen LogP contribution in [0.5, 0.6) is 0 Å². The molecule has 0 saturated carbocycles. The van der Waals surface area contributed by atoms with Crippen molar-refractivity contribution >= 4 is 11.6 Å². The lowest BCUT2D eigenvalue weighted by Crippen LogP contribution is -2.26. The second kappa shape index (κ2) is 6.91. The van der Waals surface area contributed by atoms with Gasteiger partial charge in [0.05, 0.1) is 23.0 Å². The van der Waals surface area contributed by atoms with Crippen LogP contribution in [0, 0.1) is 0 Å². The molecule has 0 radical (unpaired) electrons. The number of likely N-dealkylation sites (N-methyl/N-ethyl adjacent to an activating group) is 1. The smallest absolute Gasteiger partial charge is 0.0834 e. The molecule has 1 N–H and O–H groups in total. The quantitative estimate of drug-likeness (QED) is 0.871. The Balaban J connectivity index is 2.31. The summed E-state index contributed by atoms with van der Waals surface area (Å²) in [7, 11) is 0. The molecule has 1 aromatic carbocycles. The number of hydrogen-bond donors (Lipinski definition) is 1. The molecule has 20 heavy (non-hydrogen) atoms. The van der Waals surface area contributed by atoms with Gasteiger partial charge < -0.3 is 5.32 Å². The van der Waals surface area contributed by atoms with Gasteiger partial charge in [0, 0.05) is 6.04 Å². The maximum atomic E-state index is 6.36. The number of rotatable bonds is 6. The molecule has 3 nitrogen and oxygen atoms in total. The second-order valence-electron chi connectivity index (χ2n) is 5.22. The Hall–Kier alpha value is -1.32. The minimum absolute atomic E-state index is 0.180. The lowest BCUT2D eigenvalue weighted by molar-refractivity contribution is 0.448. The van der Waals surface area contributed by atoms with Crippen molar-refractivity contribution in [2.75, 3.05) is 6.54 Å². The van der Waals surface area contributed by atoms with Crippen LogP contribution in [-0.2, 0) is 6.42 Å². The van der Waals surface area contributed by atoms with Crippen LogP contribution in [0.2, 0.25) is 5.02 Å². The highest BCUT2D eigenvalue weighted by Gasteiger charge is 2.21. The number of halogens is 1. The van der Waals surface area contributed by atoms with E-state index in [1.54, 1.807) is 6.20 Å². The molecule has 1 atom stereocenters. The minimum atomic E-state index is 0.180. The van der Waals surface area contributed by atoms with E-state index in [-0.39, 0.29) is 6.04 Å². The summed E-state index contributed by atoms with van der Waals surface area (Å²) in [6.07, 6.45) is 2.65. The zero-order chi connectivity index (χ0) is 14.5. The van der Waals surface area contributed by atoms with Gasteiger partial charge in [-0.25, -0.2) is 0 Å². The number of benzene rings is 1. The first-order valence-corrected chi connectivity index (χ1v) is 7.51. The maximum absolute atomic E-state index is 6.36. The minimum Gasteiger partial charge on any atom is -0.309 e. The highest BCUT2D eigenvalue weighted by atomic mass is 35.5. The molecular weight excluding hydrogens is 270 g/mol. The molecule has 1 aromatic heterocycles. The van der Waals surface area contributed by atoms with Crippen LogP contribution in [0.3, 0.4) is 0 Å². The molecule has 0 aliphatic rings. The molecule has 2 aromatic rings. The first-order valence-electron chi connectivity index (χ1n) is 7.13. The Kier molecular flexibility index (Phi) is 5.21. The number of nitrogens with one attached hydrogen (secondary N) is 1. The molecule has 4 heteroatoms. The number of nitrogens with zero attached hydrogens (tertiary/aromatic N) is 2. The van der Waals surface area contributed by atoms with Gasteiger partial charge in [0.1, 0.15) is 0 Å². The van der Waals surface area contributed by atoms with Crippen molar-refractivity contribution in [3.63, 3.8) is 0 Å². The first kappa shape index (κ1) is 15.1. The molecule has 2 rings (SSSR count). The molecule has 0 spiro atoms. The summed E-state index contributed by atoms with van der Waals surface area (Å²) >= 11 is 6.36. The van der Waals surface area contributed by atoms with Crippen molar-refractivity contribution in [3.8, 4) is 0 Å². The molecule has 0 saturated heterocycles. The van der Waals surface area contributed by atoms with Gasteiger partial charge in [-0.15, -0.1) is 0 Å². The molecule has 0 bridgehead atoms. The normalized spacial score (nSPS) is 12.8. The summed E-state index contributed by atoms with van der Waals surface area (Å²) < 4.78 is 2.01. The van der Waals surface area contributed by atoms with Crippen molar-refractivity contribution in [2.24, 2.45) is 0 Å². The molecule has 0 aliphatic heterocycles. The highest BCUT2D eigenvalue weighted by molar-refractivity contribution is 6.31. The van der Waals surface area contributed by atoms with Crippen LogP contribution in [-0.4, -0.2) is 16.3 Å². The second-order valence-corrected chi connectivity index (χ2v) is 5.62. The Bertz CT molecular complexity index is 534. The van der Waals surface area contributed by atoms with Crippen LogP contribution in [0.4, 0.5) is 0 Å². The van der Waals surface area contributed by atoms with Gasteiger partial charge in [-0.3, -0.25) is 4.68 Å².